The molecule has 37 nitrogen and oxygen atoms in total. The number of aliphatic hydroxyl groups excluding tert-OH is 4. The lowest BCUT2D eigenvalue weighted by molar-refractivity contribution is -0.131. The molecule has 1 aliphatic carbocycles. The number of ether oxygens (including phenoxy) is 1. The molecule has 0 saturated heterocycles. The highest BCUT2D eigenvalue weighted by Gasteiger charge is 2.51. The molecule has 4 aliphatic rings. The Morgan fingerprint density at radius 2 is 1.38 bits per heavy atom. The molecule has 18 N–H and O–H groups in total. The van der Waals surface area contributed by atoms with Crippen molar-refractivity contribution in [1.29, 1.82) is 0 Å². The molecule has 42 heteroatoms. The van der Waals surface area contributed by atoms with Crippen LogP contribution in [0, 0.1) is 5.92 Å². The van der Waals surface area contributed by atoms with Crippen molar-refractivity contribution >= 4 is 145 Å². The van der Waals surface area contributed by atoms with E-state index in [1.54, 1.807) is 13.8 Å². The molecule has 604 valence electrons. The molecule has 16 atom stereocenters. The van der Waals surface area contributed by atoms with E-state index < -0.39 is 195 Å². The van der Waals surface area contributed by atoms with Crippen LogP contribution in [0.2, 0.25) is 0 Å². The molecule has 0 spiro atoms. The third-order valence-electron chi connectivity index (χ3n) is 19.2. The standard InChI is InChI=1S/C72H83N19O18S5/c1-14-26(3)47-63(105)78-30(7)57(99)75-28(5)56(98)76-31(8)58(100)91-72-19-18-40(66-85-43(22-111-66)59(101)77-29(6)55(97)74-27(4)54(73)96)81-52(72)42-21-112-67(83-42)49(34(11)109-69(107)41-20-37(32(9)92)36-16-17-39(79-47)51(95)50(36)80-41)89-60(102)44-24-113-68(86-44)53(71(13,108)35(12)94)90-62(104)45-23-110-65(84-45)38(15-2)82-64(106)48(33(10)93)88-61(103)46-25-114-70(72)87-46/h15-17,20-26,30-35,39,47-49,51-53,79,92-95,108H,4-6,14,18-19H2,1-3,7-13H3,(H2,73,96)(H,74,97)(H,75,99)(H,76,98)(H,77,101)(H,78,105)(H,82,106)(H,88,103)(H,89,102)(H,90,104)(H,91,100)/b38-15-/t26-,30-,31-,32-,33+,34+,35+,39?,47-,48-,49-,51-,52+,53+,71+,72?/m0/s1. The summed E-state index contributed by atoms with van der Waals surface area (Å²) >= 11 is 4.23. The number of aromatic nitrogens is 6. The van der Waals surface area contributed by atoms with Crippen molar-refractivity contribution in [1.82, 2.24) is 88.4 Å². The van der Waals surface area contributed by atoms with E-state index in [0.717, 1.165) is 56.7 Å². The number of fused-ring (bicyclic) bond motifs is 8. The van der Waals surface area contributed by atoms with Crippen LogP contribution in [0.25, 0.3) is 11.8 Å². The number of nitrogens with zero attached hydrogens (tertiary/aromatic N) is 7. The van der Waals surface area contributed by atoms with Crippen LogP contribution in [-0.4, -0.2) is 186 Å². The number of carbonyl (C=O) groups is 12. The first kappa shape index (κ1) is 85.5. The van der Waals surface area contributed by atoms with Crippen LogP contribution in [0.1, 0.15) is 219 Å². The Balaban J connectivity index is 1.18. The van der Waals surface area contributed by atoms with Gasteiger partial charge in [-0.1, -0.05) is 58.2 Å². The minimum Gasteiger partial charge on any atom is -0.455 e. The number of nitrogens with one attached hydrogen (secondary N) is 11. The molecule has 10 rings (SSSR count). The third-order valence-corrected chi connectivity index (χ3v) is 23.9. The Morgan fingerprint density at radius 3 is 2.05 bits per heavy atom. The zero-order chi connectivity index (χ0) is 83.4. The number of rotatable bonds is 12. The highest BCUT2D eigenvalue weighted by molar-refractivity contribution is 7.12. The van der Waals surface area contributed by atoms with Crippen molar-refractivity contribution in [3.05, 3.63) is 158 Å². The van der Waals surface area contributed by atoms with Crippen LogP contribution in [0.3, 0.4) is 0 Å². The van der Waals surface area contributed by atoms with Crippen LogP contribution in [0.15, 0.2) is 86.9 Å². The molecule has 2 unspecified atom stereocenters. The van der Waals surface area contributed by atoms with Gasteiger partial charge < -0.3 is 89.2 Å². The second-order valence-corrected chi connectivity index (χ2v) is 31.9. The normalized spacial score (nSPS) is 25.6. The molecule has 0 fully saturated rings. The van der Waals surface area contributed by atoms with Gasteiger partial charge in [-0.25, -0.2) is 34.7 Å². The van der Waals surface area contributed by atoms with E-state index in [1.165, 1.54) is 107 Å². The van der Waals surface area contributed by atoms with Crippen molar-refractivity contribution < 1.29 is 87.8 Å². The minimum atomic E-state index is -2.24. The van der Waals surface area contributed by atoms with E-state index in [1.807, 2.05) is 0 Å². The third kappa shape index (κ3) is 18.5. The number of pyridine rings is 1. The Morgan fingerprint density at radius 1 is 0.728 bits per heavy atom. The van der Waals surface area contributed by atoms with E-state index in [0.29, 0.717) is 6.42 Å². The van der Waals surface area contributed by atoms with Gasteiger partial charge in [-0.15, -0.1) is 56.7 Å². The van der Waals surface area contributed by atoms with Crippen LogP contribution in [0.4, 0.5) is 0 Å². The average Bonchev–Trinajstić information content (AvgIpc) is 1.50. The van der Waals surface area contributed by atoms with E-state index in [-0.39, 0.29) is 88.9 Å². The van der Waals surface area contributed by atoms with Gasteiger partial charge in [0.05, 0.1) is 70.3 Å². The number of nitrogens with two attached hydrogens (primary N) is 1. The predicted octanol–water partition coefficient (Wildman–Crippen LogP) is 1.49. The quantitative estimate of drug-likeness (QED) is 0.0609. The number of cyclic esters (lactones) is 1. The molecule has 3 aliphatic heterocycles. The Labute approximate surface area is 670 Å². The summed E-state index contributed by atoms with van der Waals surface area (Å²) in [5, 5.41) is 93.2. The van der Waals surface area contributed by atoms with E-state index in [4.69, 9.17) is 25.4 Å². The fourth-order valence-electron chi connectivity index (χ4n) is 12.1. The number of aliphatic imine (C=N–C) groups is 1. The molecular weight excluding hydrogens is 1580 g/mol. The summed E-state index contributed by atoms with van der Waals surface area (Å²) in [5.74, 6) is -12.4. The first-order valence-electron chi connectivity index (χ1n) is 35.4. The number of esters is 1. The molecule has 0 saturated carbocycles. The first-order valence-corrected chi connectivity index (χ1v) is 39.8. The van der Waals surface area contributed by atoms with Crippen molar-refractivity contribution in [2.45, 2.75) is 178 Å². The van der Waals surface area contributed by atoms with Gasteiger partial charge in [0.25, 0.3) is 41.4 Å². The molecule has 0 radical (unpaired) electrons. The molecule has 11 amide bonds. The highest BCUT2D eigenvalue weighted by atomic mass is 32.1. The van der Waals surface area contributed by atoms with E-state index in [2.05, 4.69) is 98.2 Å². The summed E-state index contributed by atoms with van der Waals surface area (Å²) in [6.45, 7) is 24.8. The summed E-state index contributed by atoms with van der Waals surface area (Å²) in [6.07, 6.45) is -3.27. The van der Waals surface area contributed by atoms with Gasteiger partial charge in [0.1, 0.15) is 113 Å². The van der Waals surface area contributed by atoms with Crippen LogP contribution >= 0.6 is 56.7 Å². The molecule has 0 aromatic carbocycles. The van der Waals surface area contributed by atoms with Crippen molar-refractivity contribution in [3.8, 4) is 0 Å². The van der Waals surface area contributed by atoms with Gasteiger partial charge in [0, 0.05) is 32.5 Å². The smallest absolute Gasteiger partial charge is 0.357 e. The van der Waals surface area contributed by atoms with Gasteiger partial charge in [-0.2, -0.15) is 0 Å². The van der Waals surface area contributed by atoms with Crippen LogP contribution in [-0.2, 0) is 43.8 Å². The van der Waals surface area contributed by atoms with Gasteiger partial charge in [0.15, 0.2) is 0 Å². The van der Waals surface area contributed by atoms with E-state index in [9.17, 15) is 68.7 Å². The van der Waals surface area contributed by atoms with Gasteiger partial charge in [-0.05, 0) is 85.8 Å². The number of amides is 11. The Kier molecular flexibility index (Phi) is 26.4. The van der Waals surface area contributed by atoms with Crippen molar-refractivity contribution in [3.63, 3.8) is 0 Å². The van der Waals surface area contributed by atoms with Crippen LogP contribution in [0.5, 0.6) is 0 Å². The summed E-state index contributed by atoms with van der Waals surface area (Å²) in [7, 11) is 0. The number of carbonyl (C=O) groups excluding carboxylic acids is 12. The van der Waals surface area contributed by atoms with Gasteiger partial charge >= 0.3 is 5.97 Å². The lowest BCUT2D eigenvalue weighted by Crippen LogP contribution is -2.57. The lowest BCUT2D eigenvalue weighted by atomic mass is 9.80. The number of hydrogen-bond acceptors (Lipinski definition) is 31. The van der Waals surface area contributed by atoms with Gasteiger partial charge in [0.2, 0.25) is 23.6 Å². The maximum absolute atomic E-state index is 15.4. The monoisotopic (exact) mass is 1660 g/mol. The maximum Gasteiger partial charge on any atom is 0.357 e. The Hall–Kier alpha value is -10.9. The van der Waals surface area contributed by atoms with Crippen molar-refractivity contribution in [2.75, 3.05) is 0 Å². The lowest BCUT2D eigenvalue weighted by Gasteiger charge is -2.41. The fraction of sp³-hybridized carbons (Fsp3) is 0.403. The summed E-state index contributed by atoms with van der Waals surface area (Å²) in [6, 6.07) is -10.5. The fourth-order valence-corrected chi connectivity index (χ4v) is 16.8. The topological polar surface area (TPSA) is 563 Å². The molecule has 9 heterocycles. The summed E-state index contributed by atoms with van der Waals surface area (Å²) in [4.78, 5) is 203. The largest absolute Gasteiger partial charge is 0.455 e. The molecular formula is C72H83N19O18S5. The number of hydrogen-bond donors (Lipinski definition) is 17. The molecule has 6 aromatic rings. The minimum absolute atomic E-state index is 0.00915. The number of allylic oxidation sites excluding steroid dienone is 1. The predicted molar refractivity (Wildman–Crippen MR) is 416 cm³/mol. The molecule has 6 aromatic heterocycles. The number of thiazole rings is 5. The van der Waals surface area contributed by atoms with E-state index >= 15 is 14.4 Å². The second-order valence-electron chi connectivity index (χ2n) is 27.5. The number of aliphatic hydroxyl groups is 5. The molecule has 13 bridgehead atoms. The SMILES string of the molecule is C=C(NC(=O)C(=C)NC(=O)c1csc(C2=N[C@@H]3c4csc(n4)[C@H]4NC(=O)c5csc(n5)[C@H]([C@](C)(O)[C@@H](C)O)NC(=O)c5csc(n5)/C(=C/C)NC(=O)[C@H]([C@@H](C)O)NC(=O)c5csc(n5)C3(CC2)NC(=O)[C@H](C)NC(=O)C(=C)NC(=O)[C@H](C)NC(=O)[C@H]([C@@H](C)CC)NC2C=Cc3c([C@H](C)O)cc(nc3[C@H]2O)C(=O)O[C@@H]4C)n1)C(N)=O. The molecule has 114 heavy (non-hydrogen) atoms. The van der Waals surface area contributed by atoms with Gasteiger partial charge in [-0.3, -0.25) is 63.0 Å². The second kappa shape index (κ2) is 35.2. The highest BCUT2D eigenvalue weighted by Crippen LogP contribution is 2.48. The maximum atomic E-state index is 15.4. The average molecular weight is 1660 g/mol. The first-order chi connectivity index (χ1) is 53.7. The Bertz CT molecular complexity index is 4990. The summed E-state index contributed by atoms with van der Waals surface area (Å²) < 4.78 is 6.26. The van der Waals surface area contributed by atoms with Crippen LogP contribution < -0.4 is 64.2 Å². The summed E-state index contributed by atoms with van der Waals surface area (Å²) in [5.41, 5.74) is -2.17. The zero-order valence-electron chi connectivity index (χ0n) is 62.8. The zero-order valence-corrected chi connectivity index (χ0v) is 66.9. The van der Waals surface area contributed by atoms with Crippen molar-refractivity contribution in [2.24, 2.45) is 16.6 Å². The number of primary amides is 1.